The van der Waals surface area contributed by atoms with Gasteiger partial charge in [-0.2, -0.15) is 0 Å². The Morgan fingerprint density at radius 1 is 1.36 bits per heavy atom. The summed E-state index contributed by atoms with van der Waals surface area (Å²) in [6.45, 7) is 8.23. The van der Waals surface area contributed by atoms with E-state index in [9.17, 15) is 4.79 Å². The van der Waals surface area contributed by atoms with E-state index >= 15 is 0 Å². The lowest BCUT2D eigenvalue weighted by atomic mass is 10.1. The zero-order valence-electron chi connectivity index (χ0n) is 13.8. The Bertz CT molecular complexity index is 454. The number of amides is 1. The van der Waals surface area contributed by atoms with Crippen molar-refractivity contribution in [2.45, 2.75) is 57.8 Å². The molecule has 22 heavy (non-hydrogen) atoms. The number of hydrogen-bond donors (Lipinski definition) is 1. The average Bonchev–Trinajstić information content (AvgIpc) is 3.18. The smallest absolute Gasteiger partial charge is 0.410 e. The Kier molecular flexibility index (Phi) is 4.30. The number of amidine groups is 1. The van der Waals surface area contributed by atoms with Gasteiger partial charge in [-0.3, -0.25) is 9.89 Å². The summed E-state index contributed by atoms with van der Waals surface area (Å²) in [4.78, 5) is 18.4. The number of nitrogens with one attached hydrogen (secondary N) is 1. The van der Waals surface area contributed by atoms with Crippen LogP contribution in [0.3, 0.4) is 0 Å². The van der Waals surface area contributed by atoms with Crippen molar-refractivity contribution in [3.05, 3.63) is 0 Å². The van der Waals surface area contributed by atoms with Crippen LogP contribution in [0.25, 0.3) is 0 Å². The summed E-state index contributed by atoms with van der Waals surface area (Å²) < 4.78 is 11.3. The molecule has 0 aromatic heterocycles. The molecule has 2 aliphatic heterocycles. The Labute approximate surface area is 132 Å². The molecule has 6 nitrogen and oxygen atoms in total. The van der Waals surface area contributed by atoms with Crippen LogP contribution in [0.5, 0.6) is 0 Å². The van der Waals surface area contributed by atoms with Gasteiger partial charge in [0.25, 0.3) is 0 Å². The van der Waals surface area contributed by atoms with E-state index in [0.29, 0.717) is 37.7 Å². The second kappa shape index (κ2) is 6.07. The summed E-state index contributed by atoms with van der Waals surface area (Å²) in [6, 6.07) is 0.338. The van der Waals surface area contributed by atoms with E-state index in [1.165, 1.54) is 12.8 Å². The lowest BCUT2D eigenvalue weighted by Gasteiger charge is -2.31. The number of carbonyl (C=O) groups excluding carboxylic acids is 1. The summed E-state index contributed by atoms with van der Waals surface area (Å²) in [5, 5.41) is 3.51. The molecule has 0 aromatic rings. The van der Waals surface area contributed by atoms with Gasteiger partial charge in [0.15, 0.2) is 0 Å². The molecule has 0 radical (unpaired) electrons. The summed E-state index contributed by atoms with van der Waals surface area (Å²) in [6.07, 6.45) is 3.63. The second-order valence-corrected chi connectivity index (χ2v) is 7.44. The Balaban J connectivity index is 1.54. The van der Waals surface area contributed by atoms with Crippen LogP contribution in [0.4, 0.5) is 4.79 Å². The maximum Gasteiger partial charge on any atom is 0.410 e. The minimum absolute atomic E-state index is 0.261. The highest BCUT2D eigenvalue weighted by Gasteiger charge is 2.41. The van der Waals surface area contributed by atoms with Crippen molar-refractivity contribution >= 4 is 11.9 Å². The monoisotopic (exact) mass is 309 g/mol. The molecule has 1 saturated carbocycles. The van der Waals surface area contributed by atoms with Gasteiger partial charge in [-0.05, 0) is 46.0 Å². The fourth-order valence-corrected chi connectivity index (χ4v) is 3.06. The van der Waals surface area contributed by atoms with Crippen molar-refractivity contribution in [3.8, 4) is 0 Å². The predicted octanol–water partition coefficient (Wildman–Crippen LogP) is 1.79. The summed E-state index contributed by atoms with van der Waals surface area (Å²) in [5.41, 5.74) is -0.463. The van der Waals surface area contributed by atoms with E-state index in [0.717, 1.165) is 18.9 Å². The van der Waals surface area contributed by atoms with Gasteiger partial charge in [0.1, 0.15) is 11.4 Å². The molecule has 1 saturated heterocycles. The Hall–Kier alpha value is -1.30. The fraction of sp³-hybridized carbons (Fsp3) is 0.875. The van der Waals surface area contributed by atoms with Gasteiger partial charge in [-0.15, -0.1) is 0 Å². The van der Waals surface area contributed by atoms with E-state index in [-0.39, 0.29) is 6.09 Å². The van der Waals surface area contributed by atoms with Crippen LogP contribution in [-0.4, -0.2) is 60.8 Å². The highest BCUT2D eigenvalue weighted by Crippen LogP contribution is 2.38. The van der Waals surface area contributed by atoms with E-state index in [1.54, 1.807) is 4.90 Å². The first-order valence-corrected chi connectivity index (χ1v) is 8.32. The van der Waals surface area contributed by atoms with Crippen molar-refractivity contribution in [2.75, 3.05) is 26.2 Å². The normalized spacial score (nSPS) is 29.2. The van der Waals surface area contributed by atoms with Gasteiger partial charge >= 0.3 is 6.09 Å². The van der Waals surface area contributed by atoms with Crippen LogP contribution in [0.15, 0.2) is 4.99 Å². The first kappa shape index (κ1) is 15.6. The molecule has 3 rings (SSSR count). The van der Waals surface area contributed by atoms with E-state index in [2.05, 4.69) is 10.3 Å². The fourth-order valence-electron chi connectivity index (χ4n) is 3.06. The van der Waals surface area contributed by atoms with E-state index in [1.807, 2.05) is 20.8 Å². The third-order valence-corrected chi connectivity index (χ3v) is 4.24. The highest BCUT2D eigenvalue weighted by atomic mass is 16.6. The third-order valence-electron chi connectivity index (χ3n) is 4.24. The zero-order chi connectivity index (χ0) is 15.7. The van der Waals surface area contributed by atoms with Crippen LogP contribution in [-0.2, 0) is 9.47 Å². The standard InChI is InChI=1S/C16H27N3O3/c1-16(2,3)22-15(20)19-8-7-17-13(10-19)18-12-6-9-21-14(12)11-4-5-11/h11-12,14H,4-10H2,1-3H3,(H,17,18). The number of hydrogen-bond acceptors (Lipinski definition) is 5. The number of rotatable bonds is 2. The van der Waals surface area contributed by atoms with Crippen molar-refractivity contribution < 1.29 is 14.3 Å². The maximum absolute atomic E-state index is 12.2. The van der Waals surface area contributed by atoms with Crippen LogP contribution in [0, 0.1) is 5.92 Å². The molecule has 3 aliphatic rings. The summed E-state index contributed by atoms with van der Waals surface area (Å²) in [7, 11) is 0. The van der Waals surface area contributed by atoms with Gasteiger partial charge in [-0.1, -0.05) is 0 Å². The molecule has 6 heteroatoms. The zero-order valence-corrected chi connectivity index (χ0v) is 13.8. The second-order valence-electron chi connectivity index (χ2n) is 7.44. The summed E-state index contributed by atoms with van der Waals surface area (Å²) >= 11 is 0. The van der Waals surface area contributed by atoms with Gasteiger partial charge in [-0.25, -0.2) is 4.79 Å². The molecule has 2 atom stereocenters. The Morgan fingerprint density at radius 2 is 2.14 bits per heavy atom. The topological polar surface area (TPSA) is 63.2 Å². The predicted molar refractivity (Wildman–Crippen MR) is 84.1 cm³/mol. The maximum atomic E-state index is 12.2. The van der Waals surface area contributed by atoms with Crippen molar-refractivity contribution in [2.24, 2.45) is 10.9 Å². The molecule has 1 N–H and O–H groups in total. The molecule has 124 valence electrons. The lowest BCUT2D eigenvalue weighted by Crippen LogP contribution is -2.51. The van der Waals surface area contributed by atoms with Gasteiger partial charge in [0, 0.05) is 13.2 Å². The van der Waals surface area contributed by atoms with Crippen molar-refractivity contribution in [1.29, 1.82) is 0 Å². The van der Waals surface area contributed by atoms with Crippen LogP contribution >= 0.6 is 0 Å². The molecule has 2 unspecified atom stereocenters. The molecule has 1 amide bonds. The number of aliphatic imine (C=N–C) groups is 1. The Morgan fingerprint density at radius 3 is 2.82 bits per heavy atom. The number of nitrogens with zero attached hydrogens (tertiary/aromatic N) is 2. The minimum atomic E-state index is -0.463. The quantitative estimate of drug-likeness (QED) is 0.845. The molecule has 0 spiro atoms. The van der Waals surface area contributed by atoms with Crippen LogP contribution in [0.1, 0.15) is 40.0 Å². The van der Waals surface area contributed by atoms with Gasteiger partial charge < -0.3 is 14.8 Å². The van der Waals surface area contributed by atoms with E-state index < -0.39 is 5.60 Å². The molecule has 2 fully saturated rings. The molecule has 0 aromatic carbocycles. The number of ether oxygens (including phenoxy) is 2. The molecular weight excluding hydrogens is 282 g/mol. The highest BCUT2D eigenvalue weighted by molar-refractivity contribution is 5.88. The average molecular weight is 309 g/mol. The molecular formula is C16H27N3O3. The van der Waals surface area contributed by atoms with Gasteiger partial charge in [0.05, 0.1) is 25.2 Å². The first-order chi connectivity index (χ1) is 10.4. The minimum Gasteiger partial charge on any atom is -0.444 e. The molecule has 0 bridgehead atoms. The van der Waals surface area contributed by atoms with Crippen molar-refractivity contribution in [3.63, 3.8) is 0 Å². The third kappa shape index (κ3) is 3.91. The summed E-state index contributed by atoms with van der Waals surface area (Å²) in [5.74, 6) is 1.60. The lowest BCUT2D eigenvalue weighted by molar-refractivity contribution is 0.0275. The molecule has 2 heterocycles. The molecule has 1 aliphatic carbocycles. The van der Waals surface area contributed by atoms with Crippen LogP contribution < -0.4 is 5.32 Å². The van der Waals surface area contributed by atoms with Crippen molar-refractivity contribution in [1.82, 2.24) is 10.2 Å². The largest absolute Gasteiger partial charge is 0.444 e. The number of carbonyl (C=O) groups is 1. The first-order valence-electron chi connectivity index (χ1n) is 8.32. The van der Waals surface area contributed by atoms with Crippen LogP contribution in [0.2, 0.25) is 0 Å². The van der Waals surface area contributed by atoms with Gasteiger partial charge in [0.2, 0.25) is 0 Å². The SMILES string of the molecule is CC(C)(C)OC(=O)N1CCN=C(NC2CCOC2C2CC2)C1. The van der Waals surface area contributed by atoms with E-state index in [4.69, 9.17) is 9.47 Å².